The Labute approximate surface area is 140 Å². The topological polar surface area (TPSA) is 63.5 Å². The number of carbonyl (C=O) groups is 1. The molecule has 2 fully saturated rings. The van der Waals surface area contributed by atoms with Gasteiger partial charge in [0.15, 0.2) is 0 Å². The molecule has 4 heterocycles. The van der Waals surface area contributed by atoms with Crippen LogP contribution >= 0.6 is 0 Å². The van der Waals surface area contributed by atoms with Crippen LogP contribution in [0.1, 0.15) is 16.2 Å². The van der Waals surface area contributed by atoms with Crippen molar-refractivity contribution >= 4 is 11.7 Å². The highest BCUT2D eigenvalue weighted by atomic mass is 16.5. The van der Waals surface area contributed by atoms with Crippen LogP contribution in [0.25, 0.3) is 0 Å². The largest absolute Gasteiger partial charge is 0.372 e. The lowest BCUT2D eigenvalue weighted by atomic mass is 10.1. The molecule has 0 aliphatic carbocycles. The molecule has 126 valence electrons. The van der Waals surface area contributed by atoms with Gasteiger partial charge in [-0.25, -0.2) is 4.98 Å². The second-order valence-corrected chi connectivity index (χ2v) is 6.36. The molecule has 2 aliphatic rings. The fourth-order valence-electron chi connectivity index (χ4n) is 3.63. The second-order valence-electron chi connectivity index (χ2n) is 6.36. The summed E-state index contributed by atoms with van der Waals surface area (Å²) >= 11 is 0. The van der Waals surface area contributed by atoms with Gasteiger partial charge < -0.3 is 14.5 Å². The SMILES string of the molecule is Cc1cc(C(=O)N2C[C@@H]3OCCN(c4ccccn4)[C@H]3C2)n(C)n1. The van der Waals surface area contributed by atoms with Gasteiger partial charge in [0, 0.05) is 32.9 Å². The number of hydrogen-bond donors (Lipinski definition) is 0. The molecule has 7 nitrogen and oxygen atoms in total. The molecular formula is C17H21N5O2. The predicted octanol–water partition coefficient (Wildman–Crippen LogP) is 0.853. The molecule has 0 saturated carbocycles. The number of amides is 1. The average molecular weight is 327 g/mol. The second kappa shape index (κ2) is 5.90. The van der Waals surface area contributed by atoms with E-state index in [0.717, 1.165) is 18.1 Å². The van der Waals surface area contributed by atoms with Gasteiger partial charge in [0.2, 0.25) is 0 Å². The van der Waals surface area contributed by atoms with E-state index in [1.165, 1.54) is 0 Å². The molecular weight excluding hydrogens is 306 g/mol. The molecule has 2 saturated heterocycles. The van der Waals surface area contributed by atoms with Crippen LogP contribution < -0.4 is 4.90 Å². The lowest BCUT2D eigenvalue weighted by Gasteiger charge is -2.37. The molecule has 24 heavy (non-hydrogen) atoms. The Morgan fingerprint density at radius 2 is 2.21 bits per heavy atom. The number of morpholine rings is 1. The van der Waals surface area contributed by atoms with Crippen molar-refractivity contribution in [2.24, 2.45) is 7.05 Å². The van der Waals surface area contributed by atoms with Gasteiger partial charge in [0.25, 0.3) is 5.91 Å². The number of ether oxygens (including phenoxy) is 1. The lowest BCUT2D eigenvalue weighted by molar-refractivity contribution is 0.0298. The number of hydrogen-bond acceptors (Lipinski definition) is 5. The number of carbonyl (C=O) groups excluding carboxylic acids is 1. The first-order valence-electron chi connectivity index (χ1n) is 8.22. The summed E-state index contributed by atoms with van der Waals surface area (Å²) in [6, 6.07) is 7.89. The zero-order valence-electron chi connectivity index (χ0n) is 13.9. The van der Waals surface area contributed by atoms with Crippen molar-refractivity contribution in [3.8, 4) is 0 Å². The summed E-state index contributed by atoms with van der Waals surface area (Å²) in [7, 11) is 1.81. The third-order valence-corrected chi connectivity index (χ3v) is 4.75. The van der Waals surface area contributed by atoms with Gasteiger partial charge in [-0.3, -0.25) is 9.48 Å². The van der Waals surface area contributed by atoms with Gasteiger partial charge in [0.1, 0.15) is 11.5 Å². The van der Waals surface area contributed by atoms with Crippen molar-refractivity contribution < 1.29 is 9.53 Å². The van der Waals surface area contributed by atoms with Crippen molar-refractivity contribution in [1.29, 1.82) is 0 Å². The maximum atomic E-state index is 12.8. The monoisotopic (exact) mass is 327 g/mol. The Bertz CT molecular complexity index is 745. The minimum atomic E-state index is 0.0112. The maximum absolute atomic E-state index is 12.8. The Kier molecular flexibility index (Phi) is 3.72. The molecule has 2 aromatic rings. The van der Waals surface area contributed by atoms with E-state index in [2.05, 4.69) is 15.0 Å². The molecule has 0 spiro atoms. The number of fused-ring (bicyclic) bond motifs is 1. The van der Waals surface area contributed by atoms with E-state index >= 15 is 0 Å². The van der Waals surface area contributed by atoms with Gasteiger partial charge in [0.05, 0.1) is 24.4 Å². The molecule has 7 heteroatoms. The van der Waals surface area contributed by atoms with Crippen LogP contribution in [0.3, 0.4) is 0 Å². The minimum Gasteiger partial charge on any atom is -0.372 e. The van der Waals surface area contributed by atoms with Crippen molar-refractivity contribution in [2.45, 2.75) is 19.1 Å². The number of nitrogens with zero attached hydrogens (tertiary/aromatic N) is 5. The van der Waals surface area contributed by atoms with E-state index in [-0.39, 0.29) is 18.1 Å². The molecule has 2 aliphatic heterocycles. The van der Waals surface area contributed by atoms with E-state index in [0.29, 0.717) is 25.4 Å². The first-order valence-corrected chi connectivity index (χ1v) is 8.22. The standard InChI is InChI=1S/C17H21N5O2/c1-12-9-13(20(2)19-12)17(23)21-10-14-15(11-21)24-8-7-22(14)16-5-3-4-6-18-16/h3-6,9,14-15H,7-8,10-11H2,1-2H3/t14-,15-/m0/s1. The summed E-state index contributed by atoms with van der Waals surface area (Å²) in [5, 5.41) is 4.27. The summed E-state index contributed by atoms with van der Waals surface area (Å²) in [5.74, 6) is 0.957. The summed E-state index contributed by atoms with van der Waals surface area (Å²) < 4.78 is 7.57. The molecule has 0 unspecified atom stereocenters. The summed E-state index contributed by atoms with van der Waals surface area (Å²) in [5.41, 5.74) is 1.47. The van der Waals surface area contributed by atoms with Gasteiger partial charge >= 0.3 is 0 Å². The number of pyridine rings is 1. The van der Waals surface area contributed by atoms with Crippen LogP contribution in [0, 0.1) is 6.92 Å². The van der Waals surface area contributed by atoms with Crippen molar-refractivity contribution in [2.75, 3.05) is 31.1 Å². The number of likely N-dealkylation sites (tertiary alicyclic amines) is 1. The fraction of sp³-hybridized carbons (Fsp3) is 0.471. The first kappa shape index (κ1) is 15.1. The van der Waals surface area contributed by atoms with Crippen LogP contribution in [0.5, 0.6) is 0 Å². The third-order valence-electron chi connectivity index (χ3n) is 4.75. The predicted molar refractivity (Wildman–Crippen MR) is 89.0 cm³/mol. The molecule has 1 amide bonds. The van der Waals surface area contributed by atoms with Crippen LogP contribution in [0.15, 0.2) is 30.5 Å². The van der Waals surface area contributed by atoms with E-state index in [4.69, 9.17) is 4.74 Å². The highest BCUT2D eigenvalue weighted by molar-refractivity contribution is 5.93. The van der Waals surface area contributed by atoms with E-state index in [1.807, 2.05) is 36.1 Å². The molecule has 4 rings (SSSR count). The number of anilines is 1. The molecule has 0 N–H and O–H groups in total. The van der Waals surface area contributed by atoms with Crippen LogP contribution in [-0.2, 0) is 11.8 Å². The Balaban J connectivity index is 1.56. The molecule has 0 bridgehead atoms. The minimum absolute atomic E-state index is 0.0112. The van der Waals surface area contributed by atoms with E-state index < -0.39 is 0 Å². The Hall–Kier alpha value is -2.41. The van der Waals surface area contributed by atoms with Crippen molar-refractivity contribution in [3.63, 3.8) is 0 Å². The molecule has 2 atom stereocenters. The smallest absolute Gasteiger partial charge is 0.272 e. The Morgan fingerprint density at radius 1 is 1.33 bits per heavy atom. The highest BCUT2D eigenvalue weighted by Crippen LogP contribution is 2.27. The van der Waals surface area contributed by atoms with Gasteiger partial charge in [-0.05, 0) is 25.1 Å². The average Bonchev–Trinajstić information content (AvgIpc) is 3.17. The van der Waals surface area contributed by atoms with E-state index in [9.17, 15) is 4.79 Å². The zero-order chi connectivity index (χ0) is 16.7. The zero-order valence-corrected chi connectivity index (χ0v) is 13.9. The number of aryl methyl sites for hydroxylation is 2. The normalized spacial score (nSPS) is 23.4. The quantitative estimate of drug-likeness (QED) is 0.818. The van der Waals surface area contributed by atoms with E-state index in [1.54, 1.807) is 17.9 Å². The fourth-order valence-corrected chi connectivity index (χ4v) is 3.63. The van der Waals surface area contributed by atoms with Gasteiger partial charge in [-0.2, -0.15) is 5.10 Å². The van der Waals surface area contributed by atoms with Crippen LogP contribution in [0.2, 0.25) is 0 Å². The third kappa shape index (κ3) is 2.54. The number of aromatic nitrogens is 3. The summed E-state index contributed by atoms with van der Waals surface area (Å²) in [4.78, 5) is 21.4. The summed E-state index contributed by atoms with van der Waals surface area (Å²) in [6.07, 6.45) is 1.83. The number of rotatable bonds is 2. The van der Waals surface area contributed by atoms with Crippen molar-refractivity contribution in [3.05, 3.63) is 41.9 Å². The Morgan fingerprint density at radius 3 is 2.92 bits per heavy atom. The molecule has 0 aromatic carbocycles. The molecule has 2 aromatic heterocycles. The van der Waals surface area contributed by atoms with Crippen LogP contribution in [0.4, 0.5) is 5.82 Å². The highest BCUT2D eigenvalue weighted by Gasteiger charge is 2.42. The maximum Gasteiger partial charge on any atom is 0.272 e. The van der Waals surface area contributed by atoms with Gasteiger partial charge in [-0.1, -0.05) is 6.07 Å². The first-order chi connectivity index (χ1) is 11.6. The summed E-state index contributed by atoms with van der Waals surface area (Å²) in [6.45, 7) is 4.60. The lowest BCUT2D eigenvalue weighted by Crippen LogP contribution is -2.51. The van der Waals surface area contributed by atoms with Crippen LogP contribution in [-0.4, -0.2) is 64.0 Å². The van der Waals surface area contributed by atoms with Gasteiger partial charge in [-0.15, -0.1) is 0 Å². The van der Waals surface area contributed by atoms with Crippen molar-refractivity contribution in [1.82, 2.24) is 19.7 Å². The molecule has 0 radical (unpaired) electrons.